The third-order valence-electron chi connectivity index (χ3n) is 3.02. The third kappa shape index (κ3) is 2.77. The van der Waals surface area contributed by atoms with Gasteiger partial charge in [0.05, 0.1) is 5.56 Å². The van der Waals surface area contributed by atoms with E-state index in [1.54, 1.807) is 0 Å². The summed E-state index contributed by atoms with van der Waals surface area (Å²) in [6.45, 7) is 8.36. The van der Waals surface area contributed by atoms with E-state index in [0.29, 0.717) is 10.5 Å². The summed E-state index contributed by atoms with van der Waals surface area (Å²) >= 11 is 2.00. The lowest BCUT2D eigenvalue weighted by Gasteiger charge is -2.36. The first-order chi connectivity index (χ1) is 8.47. The molecule has 0 aliphatic carbocycles. The number of hydrogen-bond acceptors (Lipinski definition) is 4. The summed E-state index contributed by atoms with van der Waals surface area (Å²) in [4.78, 5) is 6.84. The van der Waals surface area contributed by atoms with Crippen LogP contribution in [0.15, 0.2) is 12.1 Å². The van der Waals surface area contributed by atoms with Crippen molar-refractivity contribution in [1.82, 2.24) is 4.98 Å². The van der Waals surface area contributed by atoms with E-state index < -0.39 is 0 Å². The van der Waals surface area contributed by atoms with Gasteiger partial charge in [-0.1, -0.05) is 13.8 Å². The molecule has 1 saturated heterocycles. The van der Waals surface area contributed by atoms with Gasteiger partial charge in [0.25, 0.3) is 0 Å². The molecule has 4 nitrogen and oxygen atoms in total. The van der Waals surface area contributed by atoms with Crippen LogP contribution >= 0.6 is 11.8 Å². The molecule has 3 N–H and O–H groups in total. The molecule has 0 radical (unpaired) electrons. The summed E-state index contributed by atoms with van der Waals surface area (Å²) < 4.78 is 0. The van der Waals surface area contributed by atoms with Crippen LogP contribution in [-0.4, -0.2) is 34.4 Å². The molecular weight excluding hydrogens is 244 g/mol. The van der Waals surface area contributed by atoms with Gasteiger partial charge in [-0.3, -0.25) is 5.41 Å². The summed E-state index contributed by atoms with van der Waals surface area (Å²) in [7, 11) is 0. The van der Waals surface area contributed by atoms with Gasteiger partial charge in [-0.05, 0) is 19.1 Å². The van der Waals surface area contributed by atoms with Crippen molar-refractivity contribution in [3.8, 4) is 0 Å². The first-order valence-corrected chi connectivity index (χ1v) is 7.14. The van der Waals surface area contributed by atoms with Gasteiger partial charge in [-0.25, -0.2) is 4.98 Å². The number of amidine groups is 1. The molecule has 2 heterocycles. The van der Waals surface area contributed by atoms with Crippen LogP contribution in [0.1, 0.15) is 25.1 Å². The largest absolute Gasteiger partial charge is 0.384 e. The highest BCUT2D eigenvalue weighted by Gasteiger charge is 2.25. The molecule has 1 aromatic rings. The van der Waals surface area contributed by atoms with Crippen LogP contribution in [0.2, 0.25) is 0 Å². The number of hydrogen-bond donors (Lipinski definition) is 2. The molecule has 1 aromatic heterocycles. The molecule has 2 unspecified atom stereocenters. The number of thioether (sulfide) groups is 1. The van der Waals surface area contributed by atoms with E-state index >= 15 is 0 Å². The van der Waals surface area contributed by atoms with E-state index in [2.05, 4.69) is 23.7 Å². The van der Waals surface area contributed by atoms with Crippen LogP contribution < -0.4 is 10.6 Å². The lowest BCUT2D eigenvalue weighted by molar-refractivity contribution is 0.716. The van der Waals surface area contributed by atoms with E-state index in [0.717, 1.165) is 30.2 Å². The van der Waals surface area contributed by atoms with Crippen molar-refractivity contribution in [2.75, 3.05) is 18.0 Å². The summed E-state index contributed by atoms with van der Waals surface area (Å²) in [5.74, 6) is 0.956. The molecule has 1 fully saturated rings. The molecule has 2 atom stereocenters. The van der Waals surface area contributed by atoms with Crippen molar-refractivity contribution >= 4 is 23.4 Å². The maximum atomic E-state index is 7.67. The maximum absolute atomic E-state index is 7.67. The SMILES string of the molecule is Cc1ccc(C(=N)N)c(N2CC(C)SC(C)C2)n1. The second-order valence-corrected chi connectivity index (χ2v) is 6.78. The highest BCUT2D eigenvalue weighted by Crippen LogP contribution is 2.29. The number of rotatable bonds is 2. The zero-order valence-electron chi connectivity index (χ0n) is 11.1. The number of nitrogen functional groups attached to an aromatic ring is 1. The van der Waals surface area contributed by atoms with Gasteiger partial charge in [-0.15, -0.1) is 0 Å². The van der Waals surface area contributed by atoms with Crippen LogP contribution in [0.5, 0.6) is 0 Å². The van der Waals surface area contributed by atoms with Crippen molar-refractivity contribution < 1.29 is 0 Å². The molecule has 0 bridgehead atoms. The number of nitrogens with one attached hydrogen (secondary N) is 1. The fourth-order valence-corrected chi connectivity index (χ4v) is 3.67. The summed E-state index contributed by atoms with van der Waals surface area (Å²) in [5.41, 5.74) is 7.36. The van der Waals surface area contributed by atoms with Gasteiger partial charge < -0.3 is 10.6 Å². The first kappa shape index (κ1) is 13.2. The number of aromatic nitrogens is 1. The Balaban J connectivity index is 2.36. The van der Waals surface area contributed by atoms with Crippen LogP contribution in [-0.2, 0) is 0 Å². The van der Waals surface area contributed by atoms with Crippen LogP contribution in [0.4, 0.5) is 5.82 Å². The molecule has 5 heteroatoms. The minimum Gasteiger partial charge on any atom is -0.384 e. The van der Waals surface area contributed by atoms with Crippen molar-refractivity contribution in [1.29, 1.82) is 5.41 Å². The lowest BCUT2D eigenvalue weighted by Crippen LogP contribution is -2.42. The Morgan fingerprint density at radius 1 is 1.39 bits per heavy atom. The summed E-state index contributed by atoms with van der Waals surface area (Å²) in [6, 6.07) is 3.81. The van der Waals surface area contributed by atoms with Crippen LogP contribution in [0.25, 0.3) is 0 Å². The second-order valence-electron chi connectivity index (χ2n) is 4.90. The Morgan fingerprint density at radius 3 is 2.56 bits per heavy atom. The highest BCUT2D eigenvalue weighted by atomic mass is 32.2. The Morgan fingerprint density at radius 2 is 2.00 bits per heavy atom. The molecule has 1 aliphatic heterocycles. The summed E-state index contributed by atoms with van der Waals surface area (Å²) in [6.07, 6.45) is 0. The van der Waals surface area contributed by atoms with E-state index in [4.69, 9.17) is 11.1 Å². The van der Waals surface area contributed by atoms with Gasteiger partial charge in [0.2, 0.25) is 0 Å². The average Bonchev–Trinajstić information content (AvgIpc) is 2.27. The zero-order chi connectivity index (χ0) is 13.3. The van der Waals surface area contributed by atoms with Gasteiger partial charge in [0, 0.05) is 29.3 Å². The van der Waals surface area contributed by atoms with Gasteiger partial charge in [0.1, 0.15) is 11.7 Å². The Labute approximate surface area is 112 Å². The van der Waals surface area contributed by atoms with Gasteiger partial charge >= 0.3 is 0 Å². The standard InChI is InChI=1S/C13H20N4S/c1-8-4-5-11(12(14)15)13(16-8)17-6-9(2)18-10(3)7-17/h4-5,9-10H,6-7H2,1-3H3,(H3,14,15). The van der Waals surface area contributed by atoms with Gasteiger partial charge in [-0.2, -0.15) is 11.8 Å². The zero-order valence-corrected chi connectivity index (χ0v) is 11.9. The molecule has 0 amide bonds. The van der Waals surface area contributed by atoms with Crippen molar-refractivity contribution in [3.63, 3.8) is 0 Å². The van der Waals surface area contributed by atoms with Crippen LogP contribution in [0.3, 0.4) is 0 Å². The first-order valence-electron chi connectivity index (χ1n) is 6.20. The summed E-state index contributed by atoms with van der Waals surface area (Å²) in [5, 5.41) is 8.83. The topological polar surface area (TPSA) is 66.0 Å². The molecular formula is C13H20N4S. The van der Waals surface area contributed by atoms with Crippen molar-refractivity contribution in [2.24, 2.45) is 5.73 Å². The fraction of sp³-hybridized carbons (Fsp3) is 0.538. The fourth-order valence-electron chi connectivity index (χ4n) is 2.35. The molecule has 0 saturated carbocycles. The van der Waals surface area contributed by atoms with E-state index in [1.165, 1.54) is 0 Å². The molecule has 2 rings (SSSR count). The quantitative estimate of drug-likeness (QED) is 0.633. The van der Waals surface area contributed by atoms with Crippen LogP contribution in [0, 0.1) is 12.3 Å². The monoisotopic (exact) mass is 264 g/mol. The number of nitrogens with two attached hydrogens (primary N) is 1. The maximum Gasteiger partial charge on any atom is 0.139 e. The number of pyridine rings is 1. The van der Waals surface area contributed by atoms with Gasteiger partial charge in [0.15, 0.2) is 0 Å². The Bertz CT molecular complexity index is 450. The molecule has 1 aliphatic rings. The second kappa shape index (κ2) is 5.18. The minimum absolute atomic E-state index is 0.0935. The molecule has 0 spiro atoms. The predicted molar refractivity (Wildman–Crippen MR) is 78.7 cm³/mol. The normalized spacial score (nSPS) is 24.1. The Kier molecular flexibility index (Phi) is 3.80. The minimum atomic E-state index is 0.0935. The van der Waals surface area contributed by atoms with E-state index in [9.17, 15) is 0 Å². The van der Waals surface area contributed by atoms with Crippen molar-refractivity contribution in [3.05, 3.63) is 23.4 Å². The Hall–Kier alpha value is -1.23. The number of nitrogens with zero attached hydrogens (tertiary/aromatic N) is 2. The number of aryl methyl sites for hydroxylation is 1. The smallest absolute Gasteiger partial charge is 0.139 e. The van der Waals surface area contributed by atoms with Crippen molar-refractivity contribution in [2.45, 2.75) is 31.3 Å². The number of anilines is 1. The third-order valence-corrected chi connectivity index (χ3v) is 4.25. The lowest BCUT2D eigenvalue weighted by atomic mass is 10.2. The highest BCUT2D eigenvalue weighted by molar-refractivity contribution is 8.00. The molecule has 18 heavy (non-hydrogen) atoms. The average molecular weight is 264 g/mol. The molecule has 98 valence electrons. The van der Waals surface area contributed by atoms with E-state index in [1.807, 2.05) is 30.8 Å². The van der Waals surface area contributed by atoms with E-state index in [-0.39, 0.29) is 5.84 Å². The molecule has 0 aromatic carbocycles. The predicted octanol–water partition coefficient (Wildman–Crippen LogP) is 2.00.